The quantitative estimate of drug-likeness (QED) is 0.431. The number of benzene rings is 3. The van der Waals surface area contributed by atoms with Crippen molar-refractivity contribution in [1.82, 2.24) is 0 Å². The average Bonchev–Trinajstić information content (AvgIpc) is 3.18. The molecule has 0 unspecified atom stereocenters. The topological polar surface area (TPSA) is 33.4 Å². The lowest BCUT2D eigenvalue weighted by molar-refractivity contribution is 0.475. The first-order valence-corrected chi connectivity index (χ1v) is 8.49. The van der Waals surface area contributed by atoms with Gasteiger partial charge in [0.2, 0.25) is 0 Å². The Bertz CT molecular complexity index is 1010. The van der Waals surface area contributed by atoms with Gasteiger partial charge in [-0.25, -0.2) is 0 Å². The molecule has 1 aromatic heterocycles. The Kier molecular flexibility index (Phi) is 4.40. The van der Waals surface area contributed by atoms with Crippen LogP contribution in [0.2, 0.25) is 0 Å². The van der Waals surface area contributed by atoms with Crippen LogP contribution in [0.1, 0.15) is 11.1 Å². The molecule has 1 heterocycles. The van der Waals surface area contributed by atoms with E-state index in [0.29, 0.717) is 0 Å². The van der Waals surface area contributed by atoms with Crippen LogP contribution in [0.5, 0.6) is 5.75 Å². The molecule has 0 bridgehead atoms. The van der Waals surface area contributed by atoms with Gasteiger partial charge in [-0.2, -0.15) is 0 Å². The number of phenols is 1. The van der Waals surface area contributed by atoms with E-state index >= 15 is 0 Å². The molecule has 0 atom stereocenters. The van der Waals surface area contributed by atoms with E-state index in [1.54, 1.807) is 24.7 Å². The van der Waals surface area contributed by atoms with Crippen molar-refractivity contribution in [3.05, 3.63) is 103 Å². The van der Waals surface area contributed by atoms with E-state index in [2.05, 4.69) is 48.6 Å². The molecule has 2 heteroatoms. The van der Waals surface area contributed by atoms with Gasteiger partial charge in [0.05, 0.1) is 12.5 Å². The summed E-state index contributed by atoms with van der Waals surface area (Å²) < 4.78 is 5.44. The Hall–Kier alpha value is -3.52. The highest BCUT2D eigenvalue weighted by Gasteiger charge is 2.10. The predicted octanol–water partition coefficient (Wildman–Crippen LogP) is 6.49. The molecule has 2 nitrogen and oxygen atoms in total. The molecule has 0 aliphatic rings. The summed E-state index contributed by atoms with van der Waals surface area (Å²) in [5.74, 6) is 0.258. The van der Waals surface area contributed by atoms with Crippen LogP contribution in [0.15, 0.2) is 95.8 Å². The summed E-state index contributed by atoms with van der Waals surface area (Å²) in [7, 11) is 0. The summed E-state index contributed by atoms with van der Waals surface area (Å²) in [5, 5.41) is 9.47. The van der Waals surface area contributed by atoms with Crippen LogP contribution < -0.4 is 0 Å². The smallest absolute Gasteiger partial charge is 0.115 e. The fraction of sp³-hybridized carbons (Fsp3) is 0. The molecule has 0 aliphatic carbocycles. The minimum atomic E-state index is 0.258. The van der Waals surface area contributed by atoms with Crippen LogP contribution in [0, 0.1) is 0 Å². The third-order valence-electron chi connectivity index (χ3n) is 4.33. The Morgan fingerprint density at radius 1 is 0.577 bits per heavy atom. The van der Waals surface area contributed by atoms with E-state index in [1.807, 2.05) is 30.3 Å². The van der Waals surface area contributed by atoms with E-state index in [4.69, 9.17) is 4.42 Å². The molecule has 4 rings (SSSR count). The summed E-state index contributed by atoms with van der Waals surface area (Å²) in [6, 6.07) is 25.8. The van der Waals surface area contributed by atoms with Crippen molar-refractivity contribution in [1.29, 1.82) is 0 Å². The summed E-state index contributed by atoms with van der Waals surface area (Å²) in [6.07, 6.45) is 7.71. The number of phenolic OH excluding ortho intramolecular Hbond substituents is 1. The minimum absolute atomic E-state index is 0.258. The molecule has 0 saturated heterocycles. The Balaban J connectivity index is 1.59. The SMILES string of the molecule is Oc1ccc(-c2cocc2-c2ccc(/C=C/c3ccccc3)cc2)cc1. The van der Waals surface area contributed by atoms with E-state index < -0.39 is 0 Å². The molecule has 0 spiro atoms. The van der Waals surface area contributed by atoms with Gasteiger partial charge in [0.15, 0.2) is 0 Å². The van der Waals surface area contributed by atoms with E-state index in [0.717, 1.165) is 27.8 Å². The third kappa shape index (κ3) is 3.45. The van der Waals surface area contributed by atoms with Crippen molar-refractivity contribution >= 4 is 12.2 Å². The minimum Gasteiger partial charge on any atom is -0.508 e. The molecule has 4 aromatic rings. The summed E-state index contributed by atoms with van der Waals surface area (Å²) >= 11 is 0. The summed E-state index contributed by atoms with van der Waals surface area (Å²) in [6.45, 7) is 0. The highest BCUT2D eigenvalue weighted by atomic mass is 16.3. The summed E-state index contributed by atoms with van der Waals surface area (Å²) in [4.78, 5) is 0. The van der Waals surface area contributed by atoms with Crippen molar-refractivity contribution < 1.29 is 9.52 Å². The van der Waals surface area contributed by atoms with Crippen LogP contribution in [-0.4, -0.2) is 5.11 Å². The lowest BCUT2D eigenvalue weighted by Crippen LogP contribution is -1.81. The second-order valence-corrected chi connectivity index (χ2v) is 6.11. The zero-order valence-electron chi connectivity index (χ0n) is 14.2. The average molecular weight is 338 g/mol. The van der Waals surface area contributed by atoms with Gasteiger partial charge in [-0.05, 0) is 34.4 Å². The van der Waals surface area contributed by atoms with Crippen molar-refractivity contribution in [3.63, 3.8) is 0 Å². The van der Waals surface area contributed by atoms with E-state index in [1.165, 1.54) is 5.56 Å². The second kappa shape index (κ2) is 7.16. The molecule has 0 aliphatic heterocycles. The van der Waals surface area contributed by atoms with Crippen molar-refractivity contribution in [3.8, 4) is 28.0 Å². The zero-order valence-corrected chi connectivity index (χ0v) is 14.2. The van der Waals surface area contributed by atoms with Crippen LogP contribution >= 0.6 is 0 Å². The molecule has 1 N–H and O–H groups in total. The van der Waals surface area contributed by atoms with E-state index in [-0.39, 0.29) is 5.75 Å². The maximum atomic E-state index is 9.47. The Morgan fingerprint density at radius 2 is 1.08 bits per heavy atom. The Labute approximate surface area is 152 Å². The monoisotopic (exact) mass is 338 g/mol. The Morgan fingerprint density at radius 3 is 1.65 bits per heavy atom. The van der Waals surface area contributed by atoms with Crippen LogP contribution in [0.25, 0.3) is 34.4 Å². The number of aromatic hydroxyl groups is 1. The van der Waals surface area contributed by atoms with Gasteiger partial charge in [0, 0.05) is 11.1 Å². The van der Waals surface area contributed by atoms with Gasteiger partial charge in [-0.3, -0.25) is 0 Å². The first-order valence-electron chi connectivity index (χ1n) is 8.49. The van der Waals surface area contributed by atoms with Gasteiger partial charge in [0.1, 0.15) is 5.75 Å². The molecular weight excluding hydrogens is 320 g/mol. The molecule has 0 amide bonds. The zero-order chi connectivity index (χ0) is 17.8. The van der Waals surface area contributed by atoms with Crippen molar-refractivity contribution in [2.75, 3.05) is 0 Å². The molecule has 126 valence electrons. The van der Waals surface area contributed by atoms with Gasteiger partial charge in [-0.1, -0.05) is 78.9 Å². The summed E-state index contributed by atoms with van der Waals surface area (Å²) in [5.41, 5.74) is 6.48. The van der Waals surface area contributed by atoms with E-state index in [9.17, 15) is 5.11 Å². The number of hydrogen-bond acceptors (Lipinski definition) is 2. The lowest BCUT2D eigenvalue weighted by atomic mass is 9.98. The lowest BCUT2D eigenvalue weighted by Gasteiger charge is -2.04. The van der Waals surface area contributed by atoms with Crippen molar-refractivity contribution in [2.45, 2.75) is 0 Å². The number of furan rings is 1. The number of hydrogen-bond donors (Lipinski definition) is 1. The van der Waals surface area contributed by atoms with Crippen LogP contribution in [-0.2, 0) is 0 Å². The predicted molar refractivity (Wildman–Crippen MR) is 107 cm³/mol. The van der Waals surface area contributed by atoms with Crippen LogP contribution in [0.3, 0.4) is 0 Å². The van der Waals surface area contributed by atoms with Crippen molar-refractivity contribution in [2.24, 2.45) is 0 Å². The third-order valence-corrected chi connectivity index (χ3v) is 4.33. The fourth-order valence-electron chi connectivity index (χ4n) is 2.92. The normalized spacial score (nSPS) is 11.1. The molecule has 0 fully saturated rings. The molecule has 0 radical (unpaired) electrons. The molecule has 3 aromatic carbocycles. The fourth-order valence-corrected chi connectivity index (χ4v) is 2.92. The first kappa shape index (κ1) is 16.0. The van der Waals surface area contributed by atoms with Gasteiger partial charge in [0.25, 0.3) is 0 Å². The first-order chi connectivity index (χ1) is 12.8. The molecule has 26 heavy (non-hydrogen) atoms. The molecule has 0 saturated carbocycles. The highest BCUT2D eigenvalue weighted by molar-refractivity contribution is 5.83. The standard InChI is InChI=1S/C24H18O2/c25-22-14-12-21(13-15-22)24-17-26-16-23(24)20-10-8-19(9-11-20)7-6-18-4-2-1-3-5-18/h1-17,25H/b7-6+. The maximum Gasteiger partial charge on any atom is 0.115 e. The second-order valence-electron chi connectivity index (χ2n) is 6.11. The van der Waals surface area contributed by atoms with Gasteiger partial charge in [-0.15, -0.1) is 0 Å². The highest BCUT2D eigenvalue weighted by Crippen LogP contribution is 2.34. The largest absolute Gasteiger partial charge is 0.508 e. The molecular formula is C24H18O2. The van der Waals surface area contributed by atoms with Gasteiger partial charge < -0.3 is 9.52 Å². The van der Waals surface area contributed by atoms with Crippen LogP contribution in [0.4, 0.5) is 0 Å². The maximum absolute atomic E-state index is 9.47. The number of rotatable bonds is 4. The van der Waals surface area contributed by atoms with Gasteiger partial charge >= 0.3 is 0 Å².